The Labute approximate surface area is 137 Å². The third-order valence-electron chi connectivity index (χ3n) is 4.41. The van der Waals surface area contributed by atoms with E-state index in [0.29, 0.717) is 12.2 Å². The Hall–Kier alpha value is -2.96. The SMILES string of the molecule is O=[N+]([O-])c1ccc2cnn(CN3CCCc4ccc(F)cc43)c2c1. The van der Waals surface area contributed by atoms with Crippen LogP contribution in [0.15, 0.2) is 42.6 Å². The van der Waals surface area contributed by atoms with E-state index in [1.54, 1.807) is 23.0 Å². The predicted octanol–water partition coefficient (Wildman–Crippen LogP) is 3.49. The average molecular weight is 326 g/mol. The Balaban J connectivity index is 1.72. The Morgan fingerprint density at radius 3 is 2.96 bits per heavy atom. The van der Waals surface area contributed by atoms with Gasteiger partial charge in [0.2, 0.25) is 0 Å². The van der Waals surface area contributed by atoms with Gasteiger partial charge in [0, 0.05) is 29.8 Å². The maximum Gasteiger partial charge on any atom is 0.271 e. The fraction of sp³-hybridized carbons (Fsp3) is 0.235. The van der Waals surface area contributed by atoms with Crippen LogP contribution in [0.4, 0.5) is 15.8 Å². The highest BCUT2D eigenvalue weighted by Crippen LogP contribution is 2.29. The maximum atomic E-state index is 13.6. The van der Waals surface area contributed by atoms with Crippen LogP contribution in [-0.4, -0.2) is 21.2 Å². The summed E-state index contributed by atoms with van der Waals surface area (Å²) in [6.45, 7) is 1.23. The van der Waals surface area contributed by atoms with E-state index in [4.69, 9.17) is 0 Å². The van der Waals surface area contributed by atoms with E-state index in [1.165, 1.54) is 18.2 Å². The van der Waals surface area contributed by atoms with Crippen molar-refractivity contribution >= 4 is 22.3 Å². The molecule has 0 saturated heterocycles. The first-order valence-corrected chi connectivity index (χ1v) is 7.75. The van der Waals surface area contributed by atoms with Crippen molar-refractivity contribution in [2.24, 2.45) is 0 Å². The molecule has 24 heavy (non-hydrogen) atoms. The van der Waals surface area contributed by atoms with Gasteiger partial charge in [0.05, 0.1) is 16.6 Å². The molecule has 3 aromatic rings. The smallest absolute Gasteiger partial charge is 0.271 e. The van der Waals surface area contributed by atoms with E-state index in [-0.39, 0.29) is 11.5 Å². The van der Waals surface area contributed by atoms with Crippen molar-refractivity contribution in [3.63, 3.8) is 0 Å². The highest BCUT2D eigenvalue weighted by Gasteiger charge is 2.19. The molecule has 7 heteroatoms. The van der Waals surface area contributed by atoms with Gasteiger partial charge in [-0.15, -0.1) is 0 Å². The first-order chi connectivity index (χ1) is 11.6. The van der Waals surface area contributed by atoms with E-state index < -0.39 is 4.92 Å². The van der Waals surface area contributed by atoms with Crippen LogP contribution >= 0.6 is 0 Å². The molecule has 2 heterocycles. The fourth-order valence-corrected chi connectivity index (χ4v) is 3.22. The quantitative estimate of drug-likeness (QED) is 0.546. The van der Waals surface area contributed by atoms with E-state index in [1.807, 2.05) is 6.07 Å². The van der Waals surface area contributed by atoms with Gasteiger partial charge >= 0.3 is 0 Å². The second-order valence-corrected chi connectivity index (χ2v) is 5.93. The summed E-state index contributed by atoms with van der Waals surface area (Å²) < 4.78 is 15.3. The fourth-order valence-electron chi connectivity index (χ4n) is 3.22. The molecule has 6 nitrogen and oxygen atoms in total. The van der Waals surface area contributed by atoms with Gasteiger partial charge in [-0.3, -0.25) is 10.1 Å². The number of hydrogen-bond acceptors (Lipinski definition) is 4. The number of aryl methyl sites for hydroxylation is 1. The molecule has 0 N–H and O–H groups in total. The Kier molecular flexibility index (Phi) is 3.41. The van der Waals surface area contributed by atoms with Crippen LogP contribution in [-0.2, 0) is 13.1 Å². The summed E-state index contributed by atoms with van der Waals surface area (Å²) in [5.74, 6) is -0.262. The Morgan fingerprint density at radius 1 is 1.25 bits per heavy atom. The highest BCUT2D eigenvalue weighted by molar-refractivity contribution is 5.81. The molecule has 0 amide bonds. The number of anilines is 1. The summed E-state index contributed by atoms with van der Waals surface area (Å²) in [6.07, 6.45) is 3.60. The average Bonchev–Trinajstić information content (AvgIpc) is 2.97. The van der Waals surface area contributed by atoms with Crippen LogP contribution in [0.5, 0.6) is 0 Å². The molecular weight excluding hydrogens is 311 g/mol. The normalized spacial score (nSPS) is 14.0. The second kappa shape index (κ2) is 5.59. The molecule has 0 saturated carbocycles. The van der Waals surface area contributed by atoms with Gasteiger partial charge in [0.1, 0.15) is 12.5 Å². The zero-order valence-corrected chi connectivity index (χ0v) is 12.9. The number of nitro benzene ring substituents is 1. The lowest BCUT2D eigenvalue weighted by atomic mass is 10.0. The number of halogens is 1. The maximum absolute atomic E-state index is 13.6. The predicted molar refractivity (Wildman–Crippen MR) is 88.5 cm³/mol. The minimum absolute atomic E-state index is 0.0364. The molecule has 0 fully saturated rings. The third-order valence-corrected chi connectivity index (χ3v) is 4.41. The van der Waals surface area contributed by atoms with E-state index in [0.717, 1.165) is 36.0 Å². The number of nitro groups is 1. The lowest BCUT2D eigenvalue weighted by Gasteiger charge is -2.31. The number of aromatic nitrogens is 2. The van der Waals surface area contributed by atoms with E-state index >= 15 is 0 Å². The van der Waals surface area contributed by atoms with Crippen molar-refractivity contribution in [2.45, 2.75) is 19.5 Å². The summed E-state index contributed by atoms with van der Waals surface area (Å²) in [6, 6.07) is 9.54. The summed E-state index contributed by atoms with van der Waals surface area (Å²) in [7, 11) is 0. The van der Waals surface area contributed by atoms with Crippen LogP contribution in [0.1, 0.15) is 12.0 Å². The zero-order valence-electron chi connectivity index (χ0n) is 12.9. The number of fused-ring (bicyclic) bond motifs is 2. The number of non-ortho nitro benzene ring substituents is 1. The Morgan fingerprint density at radius 2 is 2.12 bits per heavy atom. The minimum Gasteiger partial charge on any atom is -0.352 e. The molecule has 4 rings (SSSR count). The van der Waals surface area contributed by atoms with Crippen LogP contribution in [0.2, 0.25) is 0 Å². The van der Waals surface area contributed by atoms with Gasteiger partial charge in [-0.05, 0) is 36.6 Å². The number of benzene rings is 2. The molecule has 122 valence electrons. The standard InChI is InChI=1S/C17H15FN4O2/c18-14-5-3-12-2-1-7-20(16(12)8-14)11-21-17-9-15(22(23)24)6-4-13(17)10-19-21/h3-6,8-10H,1-2,7,11H2. The van der Waals surface area contributed by atoms with E-state index in [9.17, 15) is 14.5 Å². The number of nitrogens with zero attached hydrogens (tertiary/aromatic N) is 4. The van der Waals surface area contributed by atoms with Gasteiger partial charge in [-0.1, -0.05) is 6.07 Å². The molecule has 0 radical (unpaired) electrons. The van der Waals surface area contributed by atoms with Crippen LogP contribution in [0.25, 0.3) is 10.9 Å². The molecule has 1 aliphatic rings. The van der Waals surface area contributed by atoms with Crippen LogP contribution < -0.4 is 4.90 Å². The van der Waals surface area contributed by atoms with Crippen molar-refractivity contribution in [1.82, 2.24) is 9.78 Å². The van der Waals surface area contributed by atoms with Gasteiger partial charge in [-0.25, -0.2) is 9.07 Å². The second-order valence-electron chi connectivity index (χ2n) is 5.93. The number of hydrogen-bond donors (Lipinski definition) is 0. The molecular formula is C17H15FN4O2. The molecule has 0 atom stereocenters. The summed E-state index contributed by atoms with van der Waals surface area (Å²) >= 11 is 0. The molecule has 0 unspecified atom stereocenters. The molecule has 2 aromatic carbocycles. The Bertz CT molecular complexity index is 937. The van der Waals surface area contributed by atoms with Gasteiger partial charge in [-0.2, -0.15) is 5.10 Å². The first-order valence-electron chi connectivity index (χ1n) is 7.75. The summed E-state index contributed by atoms with van der Waals surface area (Å²) in [5, 5.41) is 16.2. The van der Waals surface area contributed by atoms with Crippen molar-refractivity contribution < 1.29 is 9.31 Å². The lowest BCUT2D eigenvalue weighted by Crippen LogP contribution is -2.31. The lowest BCUT2D eigenvalue weighted by molar-refractivity contribution is -0.384. The van der Waals surface area contributed by atoms with Crippen LogP contribution in [0.3, 0.4) is 0 Å². The molecule has 0 aliphatic carbocycles. The minimum atomic E-state index is -0.414. The van der Waals surface area contributed by atoms with E-state index in [2.05, 4.69) is 10.00 Å². The zero-order chi connectivity index (χ0) is 16.7. The molecule has 0 bridgehead atoms. The summed E-state index contributed by atoms with van der Waals surface area (Å²) in [4.78, 5) is 12.6. The molecule has 1 aliphatic heterocycles. The topological polar surface area (TPSA) is 64.2 Å². The molecule has 1 aromatic heterocycles. The molecule has 0 spiro atoms. The van der Waals surface area contributed by atoms with Crippen molar-refractivity contribution in [3.8, 4) is 0 Å². The number of rotatable bonds is 3. The highest BCUT2D eigenvalue weighted by atomic mass is 19.1. The monoisotopic (exact) mass is 326 g/mol. The largest absolute Gasteiger partial charge is 0.352 e. The third kappa shape index (κ3) is 2.47. The van der Waals surface area contributed by atoms with Crippen LogP contribution in [0, 0.1) is 15.9 Å². The van der Waals surface area contributed by atoms with Crippen molar-refractivity contribution in [2.75, 3.05) is 11.4 Å². The van der Waals surface area contributed by atoms with Gasteiger partial charge in [0.15, 0.2) is 0 Å². The first kappa shape index (κ1) is 14.6. The van der Waals surface area contributed by atoms with Gasteiger partial charge < -0.3 is 4.90 Å². The van der Waals surface area contributed by atoms with Crippen molar-refractivity contribution in [1.29, 1.82) is 0 Å². The van der Waals surface area contributed by atoms with Crippen molar-refractivity contribution in [3.05, 3.63) is 64.1 Å². The van der Waals surface area contributed by atoms with Gasteiger partial charge in [0.25, 0.3) is 5.69 Å². The summed E-state index contributed by atoms with van der Waals surface area (Å²) in [5.41, 5.74) is 2.72.